The molecule has 0 aromatic heterocycles. The van der Waals surface area contributed by atoms with Gasteiger partial charge in [-0.1, -0.05) is 23.7 Å². The third-order valence-corrected chi connectivity index (χ3v) is 2.84. The second-order valence-corrected chi connectivity index (χ2v) is 4.43. The highest BCUT2D eigenvalue weighted by Gasteiger charge is 2.03. The second-order valence-electron chi connectivity index (χ2n) is 3.99. The van der Waals surface area contributed by atoms with Crippen LogP contribution in [0.4, 0.5) is 5.69 Å². The third-order valence-electron chi connectivity index (χ3n) is 2.58. The molecule has 2 aromatic carbocycles. The van der Waals surface area contributed by atoms with Crippen LogP contribution in [0.3, 0.4) is 0 Å². The molecule has 2 rings (SSSR count). The third kappa shape index (κ3) is 3.83. The van der Waals surface area contributed by atoms with Gasteiger partial charge < -0.3 is 4.74 Å². The summed E-state index contributed by atoms with van der Waals surface area (Å²) in [5.74, 6) is -0.354. The molecule has 0 unspecified atom stereocenters. The Bertz CT molecular complexity index is 607. The van der Waals surface area contributed by atoms with Gasteiger partial charge in [0.05, 0.1) is 24.6 Å². The van der Waals surface area contributed by atoms with Crippen LogP contribution in [0.2, 0.25) is 5.02 Å². The molecule has 5 heteroatoms. The fourth-order valence-electron chi connectivity index (χ4n) is 1.53. The van der Waals surface area contributed by atoms with Crippen LogP contribution in [0.5, 0.6) is 0 Å². The zero-order chi connectivity index (χ0) is 14.4. The number of hydrogen-bond acceptors (Lipinski definition) is 4. The van der Waals surface area contributed by atoms with Crippen molar-refractivity contribution < 1.29 is 9.53 Å². The van der Waals surface area contributed by atoms with Gasteiger partial charge in [0.25, 0.3) is 0 Å². The highest BCUT2D eigenvalue weighted by atomic mass is 35.5. The molecule has 2 aromatic rings. The van der Waals surface area contributed by atoms with Gasteiger partial charge in [0.2, 0.25) is 0 Å². The minimum absolute atomic E-state index is 0.354. The van der Waals surface area contributed by atoms with Crippen molar-refractivity contribution in [3.63, 3.8) is 0 Å². The molecule has 0 bridgehead atoms. The van der Waals surface area contributed by atoms with Gasteiger partial charge in [0.15, 0.2) is 0 Å². The summed E-state index contributed by atoms with van der Waals surface area (Å²) in [5.41, 5.74) is 5.12. The van der Waals surface area contributed by atoms with Crippen molar-refractivity contribution in [2.24, 2.45) is 5.10 Å². The number of hydrogen-bond donors (Lipinski definition) is 1. The Morgan fingerprint density at radius 1 is 1.15 bits per heavy atom. The molecule has 0 fully saturated rings. The summed E-state index contributed by atoms with van der Waals surface area (Å²) in [6, 6.07) is 14.2. The zero-order valence-electron chi connectivity index (χ0n) is 10.8. The number of nitrogens with zero attached hydrogens (tertiary/aromatic N) is 1. The minimum Gasteiger partial charge on any atom is -0.465 e. The number of nitrogens with one attached hydrogen (secondary N) is 1. The van der Waals surface area contributed by atoms with E-state index in [0.717, 1.165) is 11.3 Å². The highest BCUT2D eigenvalue weighted by Crippen LogP contribution is 2.13. The van der Waals surface area contributed by atoms with Crippen molar-refractivity contribution in [2.45, 2.75) is 0 Å². The average molecular weight is 289 g/mol. The summed E-state index contributed by atoms with van der Waals surface area (Å²) in [5, 5.41) is 4.78. The summed E-state index contributed by atoms with van der Waals surface area (Å²) < 4.78 is 4.63. The van der Waals surface area contributed by atoms with Crippen molar-refractivity contribution in [1.82, 2.24) is 0 Å². The maximum Gasteiger partial charge on any atom is 0.337 e. The fourth-order valence-corrected chi connectivity index (χ4v) is 1.65. The van der Waals surface area contributed by atoms with Gasteiger partial charge in [-0.25, -0.2) is 4.79 Å². The Morgan fingerprint density at radius 2 is 1.80 bits per heavy atom. The molecule has 0 aliphatic carbocycles. The number of benzene rings is 2. The van der Waals surface area contributed by atoms with Crippen LogP contribution < -0.4 is 5.43 Å². The normalized spacial score (nSPS) is 10.5. The number of halogens is 1. The lowest BCUT2D eigenvalue weighted by Gasteiger charge is -2.01. The van der Waals surface area contributed by atoms with Crippen molar-refractivity contribution in [3.8, 4) is 0 Å². The molecule has 4 nitrogen and oxygen atoms in total. The van der Waals surface area contributed by atoms with Crippen LogP contribution in [-0.4, -0.2) is 19.3 Å². The lowest BCUT2D eigenvalue weighted by Crippen LogP contribution is -2.00. The molecule has 1 N–H and O–H groups in total. The molecule has 0 aliphatic rings. The molecule has 0 saturated heterocycles. The van der Waals surface area contributed by atoms with E-state index in [1.807, 2.05) is 12.1 Å². The fraction of sp³-hybridized carbons (Fsp3) is 0.0667. The number of rotatable bonds is 4. The Labute approximate surface area is 122 Å². The van der Waals surface area contributed by atoms with E-state index in [2.05, 4.69) is 15.3 Å². The van der Waals surface area contributed by atoms with E-state index in [1.54, 1.807) is 42.6 Å². The van der Waals surface area contributed by atoms with E-state index < -0.39 is 0 Å². The lowest BCUT2D eigenvalue weighted by molar-refractivity contribution is 0.0601. The number of carbonyl (C=O) groups excluding carboxylic acids is 1. The van der Waals surface area contributed by atoms with Gasteiger partial charge in [-0.3, -0.25) is 5.43 Å². The number of anilines is 1. The monoisotopic (exact) mass is 288 g/mol. The maximum absolute atomic E-state index is 11.3. The van der Waals surface area contributed by atoms with Gasteiger partial charge in [-0.2, -0.15) is 5.10 Å². The molecule has 0 heterocycles. The van der Waals surface area contributed by atoms with Crippen molar-refractivity contribution in [1.29, 1.82) is 0 Å². The predicted octanol–water partition coefficient (Wildman–Crippen LogP) is 3.57. The SMILES string of the molecule is COC(=O)c1ccc(/C=N\Nc2ccc(Cl)cc2)cc1. The van der Waals surface area contributed by atoms with E-state index >= 15 is 0 Å². The summed E-state index contributed by atoms with van der Waals surface area (Å²) in [6.45, 7) is 0. The smallest absolute Gasteiger partial charge is 0.337 e. The van der Waals surface area contributed by atoms with E-state index in [9.17, 15) is 4.79 Å². The van der Waals surface area contributed by atoms with Gasteiger partial charge >= 0.3 is 5.97 Å². The molecular formula is C15H13ClN2O2. The Hall–Kier alpha value is -2.33. The standard InChI is InChI=1S/C15H13ClN2O2/c1-20-15(19)12-4-2-11(3-5-12)10-17-18-14-8-6-13(16)7-9-14/h2-10,18H,1H3/b17-10-. The van der Waals surface area contributed by atoms with E-state index in [-0.39, 0.29) is 5.97 Å². The van der Waals surface area contributed by atoms with E-state index in [4.69, 9.17) is 11.6 Å². The molecule has 102 valence electrons. The lowest BCUT2D eigenvalue weighted by atomic mass is 10.1. The van der Waals surface area contributed by atoms with Crippen LogP contribution in [0, 0.1) is 0 Å². The summed E-state index contributed by atoms with van der Waals surface area (Å²) in [4.78, 5) is 11.3. The van der Waals surface area contributed by atoms with Gasteiger partial charge in [-0.05, 0) is 42.0 Å². The number of carbonyl (C=O) groups is 1. The van der Waals surface area contributed by atoms with Crippen molar-refractivity contribution in [3.05, 3.63) is 64.7 Å². The molecular weight excluding hydrogens is 276 g/mol. The summed E-state index contributed by atoms with van der Waals surface area (Å²) >= 11 is 5.79. The van der Waals surface area contributed by atoms with E-state index in [0.29, 0.717) is 10.6 Å². The van der Waals surface area contributed by atoms with Crippen LogP contribution >= 0.6 is 11.6 Å². The highest BCUT2D eigenvalue weighted by molar-refractivity contribution is 6.30. The Morgan fingerprint density at radius 3 is 2.40 bits per heavy atom. The number of esters is 1. The number of methoxy groups -OCH3 is 1. The van der Waals surface area contributed by atoms with E-state index in [1.165, 1.54) is 7.11 Å². The van der Waals surface area contributed by atoms with Gasteiger partial charge in [0, 0.05) is 5.02 Å². The predicted molar refractivity (Wildman–Crippen MR) is 80.5 cm³/mol. The first kappa shape index (κ1) is 14.1. The molecule has 0 aliphatic heterocycles. The first-order chi connectivity index (χ1) is 9.69. The molecule has 0 saturated carbocycles. The Kier molecular flexibility index (Phi) is 4.74. The molecule has 0 spiro atoms. The van der Waals surface area contributed by atoms with Gasteiger partial charge in [0.1, 0.15) is 0 Å². The van der Waals surface area contributed by atoms with Crippen molar-refractivity contribution in [2.75, 3.05) is 12.5 Å². The first-order valence-corrected chi connectivity index (χ1v) is 6.30. The molecule has 0 atom stereocenters. The summed E-state index contributed by atoms with van der Waals surface area (Å²) in [6.07, 6.45) is 1.66. The zero-order valence-corrected chi connectivity index (χ0v) is 11.6. The molecule has 0 amide bonds. The quantitative estimate of drug-likeness (QED) is 0.531. The molecule has 0 radical (unpaired) electrons. The first-order valence-electron chi connectivity index (χ1n) is 5.92. The summed E-state index contributed by atoms with van der Waals surface area (Å²) in [7, 11) is 1.35. The maximum atomic E-state index is 11.3. The topological polar surface area (TPSA) is 50.7 Å². The van der Waals surface area contributed by atoms with Crippen LogP contribution in [0.15, 0.2) is 53.6 Å². The number of hydrazone groups is 1. The molecule has 20 heavy (non-hydrogen) atoms. The average Bonchev–Trinajstić information content (AvgIpc) is 2.49. The van der Waals surface area contributed by atoms with Gasteiger partial charge in [-0.15, -0.1) is 0 Å². The van der Waals surface area contributed by atoms with Crippen molar-refractivity contribution >= 4 is 29.5 Å². The number of ether oxygens (including phenoxy) is 1. The second kappa shape index (κ2) is 6.73. The van der Waals surface area contributed by atoms with Crippen LogP contribution in [0.1, 0.15) is 15.9 Å². The Balaban J connectivity index is 1.97. The van der Waals surface area contributed by atoms with Crippen LogP contribution in [0.25, 0.3) is 0 Å². The largest absolute Gasteiger partial charge is 0.465 e. The van der Waals surface area contributed by atoms with Crippen LogP contribution in [-0.2, 0) is 4.74 Å². The minimum atomic E-state index is -0.354.